The van der Waals surface area contributed by atoms with Gasteiger partial charge in [0, 0.05) is 107 Å². The summed E-state index contributed by atoms with van der Waals surface area (Å²) in [6, 6.07) is 26.4. The lowest BCUT2D eigenvalue weighted by atomic mass is 9.76. The fraction of sp³-hybridized carbons (Fsp3) is 0.461. The molecule has 3 amide bonds. The number of carbonyl (C=O) groups excluding carboxylic acids is 4. The number of fused-ring (bicyclic) bond motifs is 6. The van der Waals surface area contributed by atoms with Gasteiger partial charge in [-0.05, 0) is 238 Å². The Balaban J connectivity index is 0.000000199. The molecule has 3 aliphatic heterocycles. The van der Waals surface area contributed by atoms with Crippen molar-refractivity contribution in [1.29, 1.82) is 0 Å². The summed E-state index contributed by atoms with van der Waals surface area (Å²) in [5.41, 5.74) is -4.35. The van der Waals surface area contributed by atoms with Crippen LogP contribution in [0.4, 0.5) is 40.7 Å². The van der Waals surface area contributed by atoms with Crippen LogP contribution in [0, 0.1) is 17.8 Å². The number of halogens is 9. The first-order valence-electron chi connectivity index (χ1n) is 34.0. The Kier molecular flexibility index (Phi) is 26.6. The largest absolute Gasteiger partial charge is 0.534 e. The van der Waals surface area contributed by atoms with Crippen molar-refractivity contribution in [2.75, 3.05) is 39.3 Å². The maximum absolute atomic E-state index is 13.2. The van der Waals surface area contributed by atoms with E-state index >= 15 is 0 Å². The second-order valence-electron chi connectivity index (χ2n) is 29.1. The molecule has 6 heterocycles. The van der Waals surface area contributed by atoms with E-state index in [4.69, 9.17) is 58.8 Å². The summed E-state index contributed by atoms with van der Waals surface area (Å²) in [5, 5.41) is 1.32. The molecule has 0 saturated carbocycles. The second-order valence-corrected chi connectivity index (χ2v) is 33.5. The van der Waals surface area contributed by atoms with Crippen molar-refractivity contribution in [3.8, 4) is 0 Å². The summed E-state index contributed by atoms with van der Waals surface area (Å²) in [7, 11) is -11.9. The molecular formula is C76H87Cl3F6N6O13S2. The zero-order chi connectivity index (χ0) is 76.9. The van der Waals surface area contributed by atoms with Gasteiger partial charge >= 0.3 is 49.5 Å². The summed E-state index contributed by atoms with van der Waals surface area (Å²) in [5.74, 6) is -1.21. The number of aromatic nitrogens is 3. The number of benzene rings is 3. The number of nitrogens with zero attached hydrogens (tertiary/aromatic N) is 6. The Morgan fingerprint density at radius 2 is 0.802 bits per heavy atom. The topological polar surface area (TPSA) is 231 Å². The van der Waals surface area contributed by atoms with Gasteiger partial charge in [-0.2, -0.15) is 43.2 Å². The van der Waals surface area contributed by atoms with Crippen molar-refractivity contribution in [3.05, 3.63) is 192 Å². The fourth-order valence-electron chi connectivity index (χ4n) is 14.0. The first-order chi connectivity index (χ1) is 49.1. The van der Waals surface area contributed by atoms with E-state index in [0.29, 0.717) is 90.9 Å². The van der Waals surface area contributed by atoms with Crippen LogP contribution in [-0.4, -0.2) is 139 Å². The van der Waals surface area contributed by atoms with E-state index in [0.717, 1.165) is 49.4 Å². The number of amides is 3. The molecule has 3 aliphatic carbocycles. The van der Waals surface area contributed by atoms with Crippen molar-refractivity contribution in [2.24, 2.45) is 17.8 Å². The molecule has 3 unspecified atom stereocenters. The van der Waals surface area contributed by atoms with Crippen LogP contribution < -0.4 is 0 Å². The lowest BCUT2D eigenvalue weighted by Crippen LogP contribution is -2.42. The average Bonchev–Trinajstić information content (AvgIpc) is 1.59. The van der Waals surface area contributed by atoms with E-state index in [-0.39, 0.29) is 47.4 Å². The van der Waals surface area contributed by atoms with Crippen LogP contribution in [0.5, 0.6) is 0 Å². The summed E-state index contributed by atoms with van der Waals surface area (Å²) in [4.78, 5) is 64.5. The lowest BCUT2D eigenvalue weighted by Gasteiger charge is -2.37. The standard InChI is InChI=1S/2C25H26ClF3N2O5S.C24H29ClN2O2.CH2O.CH4/c1-24(2,3)35-23(32)31-11-8-15(9-12-31)21-18-7-6-17(26)13-16(18)14-20(19-5-4-10-30-22(19)21)36-37(33,34)25(27,28)29;1-24(2,3)35-23(32)31-11-8-15(9-12-31)21-18-7-6-17(26)14-19(18)20(36-37(33,34)25(27,28)29)13-16-5-4-10-30-22(16)21;1-24(2,3)29-23(28)27-13-10-16(11-14-27)21-20-9-8-19(25)15-18(20)7-6-17-5-4-12-26-22(17)21;1-2;/h2*4-7,10,13-15,21H,8-9,11-12H2,1-3H3;4-5,8-9,12,15-16,21H,6-7,10-11,13-14H2,1-3H3;1H2;1H4. The van der Waals surface area contributed by atoms with Crippen molar-refractivity contribution in [1.82, 2.24) is 29.7 Å². The van der Waals surface area contributed by atoms with Gasteiger partial charge in [0.25, 0.3) is 0 Å². The fourth-order valence-corrected chi connectivity index (χ4v) is 15.4. The molecule has 30 heteroatoms. The van der Waals surface area contributed by atoms with Gasteiger partial charge in [-0.3, -0.25) is 15.0 Å². The first-order valence-corrected chi connectivity index (χ1v) is 38.0. The molecule has 19 nitrogen and oxygen atoms in total. The number of pyridine rings is 3. The SMILES string of the molecule is C.C=O.CC(C)(C)OC(=O)N1CCC(C2c3ccc(Cl)cc3C(OS(=O)(=O)C(F)(F)F)=Cc3cccnc32)CC1.CC(C)(C)OC(=O)N1CCC(C2c3ccc(Cl)cc3C=C(OS(=O)(=O)C(F)(F)F)c3cccnc32)CC1.CC(C)(C)OC(=O)N1CCC(C2c3ccc(Cl)cc3CCc3cccnc32)CC1. The number of piperidine rings is 3. The van der Waals surface area contributed by atoms with Crippen LogP contribution in [0.3, 0.4) is 0 Å². The highest BCUT2D eigenvalue weighted by atomic mass is 35.5. The second kappa shape index (κ2) is 33.7. The quantitative estimate of drug-likeness (QED) is 0.0626. The monoisotopic (exact) mass is 1570 g/mol. The Labute approximate surface area is 630 Å². The smallest absolute Gasteiger partial charge is 0.444 e. The van der Waals surface area contributed by atoms with Gasteiger partial charge in [-0.1, -0.05) is 72.6 Å². The van der Waals surface area contributed by atoms with E-state index in [1.54, 1.807) is 100 Å². The van der Waals surface area contributed by atoms with Gasteiger partial charge in [-0.15, -0.1) is 0 Å². The maximum Gasteiger partial charge on any atom is 0.534 e. The molecule has 0 spiro atoms. The molecule has 0 N–H and O–H groups in total. The summed E-state index contributed by atoms with van der Waals surface area (Å²) in [6.07, 6.45) is 12.6. The van der Waals surface area contributed by atoms with Crippen molar-refractivity contribution >= 4 is 104 Å². The summed E-state index contributed by atoms with van der Waals surface area (Å²) >= 11 is 18.7. The molecule has 0 bridgehead atoms. The maximum atomic E-state index is 13.2. The minimum Gasteiger partial charge on any atom is -0.444 e. The van der Waals surface area contributed by atoms with Crippen LogP contribution in [0.2, 0.25) is 15.1 Å². The minimum absolute atomic E-state index is 0. The summed E-state index contributed by atoms with van der Waals surface area (Å²) < 4.78 is 153. The van der Waals surface area contributed by atoms with Gasteiger partial charge < -0.3 is 42.1 Å². The predicted octanol–water partition coefficient (Wildman–Crippen LogP) is 18.4. The van der Waals surface area contributed by atoms with E-state index in [2.05, 4.69) is 36.5 Å². The Morgan fingerprint density at radius 1 is 0.443 bits per heavy atom. The number of likely N-dealkylation sites (tertiary alicyclic amines) is 3. The molecule has 3 aromatic carbocycles. The molecule has 6 aromatic rings. The molecule has 574 valence electrons. The van der Waals surface area contributed by atoms with E-state index < -0.39 is 83.6 Å². The van der Waals surface area contributed by atoms with Gasteiger partial charge in [0.15, 0.2) is 11.5 Å². The number of carbonyl (C=O) groups is 4. The van der Waals surface area contributed by atoms with E-state index in [9.17, 15) is 57.6 Å². The molecule has 12 rings (SSSR count). The molecular weight excluding hydrogens is 1490 g/mol. The van der Waals surface area contributed by atoms with Gasteiger partial charge in [0.05, 0.1) is 17.1 Å². The average molecular weight is 1580 g/mol. The first kappa shape index (κ1) is 83.7. The molecule has 3 aromatic heterocycles. The Morgan fingerprint density at radius 3 is 1.26 bits per heavy atom. The van der Waals surface area contributed by atoms with Gasteiger partial charge in [0.2, 0.25) is 0 Å². The number of hydrogen-bond acceptors (Lipinski definition) is 16. The molecule has 3 saturated heterocycles. The molecule has 0 radical (unpaired) electrons. The number of hydrogen-bond donors (Lipinski definition) is 0. The third kappa shape index (κ3) is 20.4. The molecule has 3 fully saturated rings. The number of ether oxygens (including phenoxy) is 3. The molecule has 3 atom stereocenters. The minimum atomic E-state index is -5.94. The highest BCUT2D eigenvalue weighted by Gasteiger charge is 2.51. The van der Waals surface area contributed by atoms with Crippen molar-refractivity contribution in [2.45, 2.75) is 167 Å². The summed E-state index contributed by atoms with van der Waals surface area (Å²) in [6.45, 7) is 21.6. The van der Waals surface area contributed by atoms with E-state index in [1.165, 1.54) is 58.9 Å². The Bertz CT molecular complexity index is 4420. The zero-order valence-electron chi connectivity index (χ0n) is 59.3. The van der Waals surface area contributed by atoms with Crippen molar-refractivity contribution in [3.63, 3.8) is 0 Å². The number of rotatable bonds is 7. The third-order valence-corrected chi connectivity index (χ3v) is 21.1. The molecule has 106 heavy (non-hydrogen) atoms. The zero-order valence-corrected chi connectivity index (χ0v) is 63.2. The third-order valence-electron chi connectivity index (χ3n) is 18.4. The normalized spacial score (nSPS) is 18.6. The van der Waals surface area contributed by atoms with Crippen LogP contribution in [0.25, 0.3) is 23.7 Å². The highest BCUT2D eigenvalue weighted by molar-refractivity contribution is 7.88. The van der Waals surface area contributed by atoms with Gasteiger partial charge in [-0.25, -0.2) is 14.4 Å². The Hall–Kier alpha value is -7.98. The number of alkyl halides is 6. The molecule has 6 aliphatic rings. The predicted molar refractivity (Wildman–Crippen MR) is 393 cm³/mol. The highest BCUT2D eigenvalue weighted by Crippen LogP contribution is 2.49. The van der Waals surface area contributed by atoms with Crippen LogP contribution in [0.15, 0.2) is 110 Å². The van der Waals surface area contributed by atoms with Crippen LogP contribution in [-0.2, 0) is 60.4 Å². The number of aryl methyl sites for hydroxylation is 2. The van der Waals surface area contributed by atoms with Crippen molar-refractivity contribution < 1.29 is 84.9 Å². The van der Waals surface area contributed by atoms with E-state index in [1.807, 2.05) is 50.8 Å². The van der Waals surface area contributed by atoms with Gasteiger partial charge in [0.1, 0.15) is 23.6 Å². The van der Waals surface area contributed by atoms with Crippen LogP contribution >= 0.6 is 34.8 Å². The lowest BCUT2D eigenvalue weighted by molar-refractivity contribution is -0.0980. The van der Waals surface area contributed by atoms with Crippen LogP contribution in [0.1, 0.15) is 193 Å².